The van der Waals surface area contributed by atoms with Crippen LogP contribution < -0.4 is 10.2 Å². The number of hydrogen-bond donors (Lipinski definition) is 2. The fourth-order valence-corrected chi connectivity index (χ4v) is 3.72. The number of para-hydroxylation sites is 1. The fraction of sp³-hybridized carbons (Fsp3) is 0.286. The van der Waals surface area contributed by atoms with Crippen LogP contribution >= 0.6 is 0 Å². The molecular formula is C21H24N2O4S. The second kappa shape index (κ2) is 9.14. The van der Waals surface area contributed by atoms with Crippen LogP contribution in [0.15, 0.2) is 48.5 Å². The Bertz CT molecular complexity index is 970. The molecule has 0 spiro atoms. The molecular weight excluding hydrogens is 376 g/mol. The fourth-order valence-electron chi connectivity index (χ4n) is 3.21. The van der Waals surface area contributed by atoms with Crippen LogP contribution in [0.5, 0.6) is 0 Å². The Hall–Kier alpha value is -2.48. The molecule has 3 rings (SSSR count). The summed E-state index contributed by atoms with van der Waals surface area (Å²) < 4.78 is 30.2. The maximum Gasteiger partial charge on any atom is 0.264 e. The van der Waals surface area contributed by atoms with Crippen molar-refractivity contribution in [1.29, 1.82) is 0 Å². The van der Waals surface area contributed by atoms with Crippen molar-refractivity contribution in [2.75, 3.05) is 23.7 Å². The first kappa shape index (κ1) is 20.3. The lowest BCUT2D eigenvalue weighted by molar-refractivity contribution is -0.118. The third kappa shape index (κ3) is 5.51. The van der Waals surface area contributed by atoms with Crippen molar-refractivity contribution in [2.45, 2.75) is 19.4 Å². The molecule has 0 radical (unpaired) electrons. The molecule has 0 atom stereocenters. The van der Waals surface area contributed by atoms with E-state index in [4.69, 9.17) is 4.55 Å². The van der Waals surface area contributed by atoms with Crippen LogP contribution in [0.1, 0.15) is 29.5 Å². The van der Waals surface area contributed by atoms with E-state index in [0.717, 1.165) is 22.4 Å². The van der Waals surface area contributed by atoms with E-state index in [-0.39, 0.29) is 11.7 Å². The predicted octanol–water partition coefficient (Wildman–Crippen LogP) is 2.96. The van der Waals surface area contributed by atoms with E-state index in [1.807, 2.05) is 54.6 Å². The number of benzene rings is 2. The summed E-state index contributed by atoms with van der Waals surface area (Å²) in [6.45, 7) is 1.37. The molecule has 0 bridgehead atoms. The SMILES string of the molecule is O=C(CCNCCCS(=O)(=O)O)N1Cc2ccccc2/C=C\c2ccccc21. The Kier molecular flexibility index (Phi) is 6.61. The van der Waals surface area contributed by atoms with Crippen LogP contribution in [-0.2, 0) is 21.5 Å². The second-order valence-electron chi connectivity index (χ2n) is 6.71. The standard InChI is InChI=1S/C21H24N2O4S/c24-21(12-14-22-13-5-15-28(25,26)27)23-16-19-8-2-1-6-17(19)10-11-18-7-3-4-9-20(18)23/h1-4,6-11,22H,5,12-16H2,(H,25,26,27)/b11-10-. The minimum atomic E-state index is -3.94. The minimum Gasteiger partial charge on any atom is -0.316 e. The number of rotatable bonds is 7. The molecule has 0 fully saturated rings. The third-order valence-corrected chi connectivity index (χ3v) is 5.43. The number of anilines is 1. The van der Waals surface area contributed by atoms with E-state index in [9.17, 15) is 13.2 Å². The first-order valence-electron chi connectivity index (χ1n) is 9.25. The van der Waals surface area contributed by atoms with E-state index in [1.165, 1.54) is 0 Å². The van der Waals surface area contributed by atoms with Gasteiger partial charge in [0.25, 0.3) is 10.1 Å². The molecule has 148 valence electrons. The summed E-state index contributed by atoms with van der Waals surface area (Å²) in [4.78, 5) is 14.8. The molecule has 0 aliphatic carbocycles. The van der Waals surface area contributed by atoms with Gasteiger partial charge >= 0.3 is 0 Å². The van der Waals surface area contributed by atoms with Gasteiger partial charge in [-0.1, -0.05) is 54.6 Å². The normalized spacial score (nSPS) is 14.5. The van der Waals surface area contributed by atoms with Gasteiger partial charge in [0.05, 0.1) is 18.0 Å². The van der Waals surface area contributed by atoms with Gasteiger partial charge in [-0.25, -0.2) is 0 Å². The molecule has 2 N–H and O–H groups in total. The summed E-state index contributed by atoms with van der Waals surface area (Å²) in [7, 11) is -3.94. The maximum atomic E-state index is 13.0. The van der Waals surface area contributed by atoms with Gasteiger partial charge in [0.1, 0.15) is 0 Å². The number of nitrogens with zero attached hydrogens (tertiary/aromatic N) is 1. The highest BCUT2D eigenvalue weighted by atomic mass is 32.2. The van der Waals surface area contributed by atoms with Crippen molar-refractivity contribution >= 4 is 33.9 Å². The molecule has 28 heavy (non-hydrogen) atoms. The van der Waals surface area contributed by atoms with Crippen LogP contribution in [0.2, 0.25) is 0 Å². The van der Waals surface area contributed by atoms with Crippen molar-refractivity contribution in [3.05, 3.63) is 65.2 Å². The Morgan fingerprint density at radius 1 is 1.00 bits per heavy atom. The summed E-state index contributed by atoms with van der Waals surface area (Å²) in [6, 6.07) is 15.8. The van der Waals surface area contributed by atoms with Gasteiger partial charge < -0.3 is 10.2 Å². The highest BCUT2D eigenvalue weighted by Crippen LogP contribution is 2.29. The van der Waals surface area contributed by atoms with E-state index < -0.39 is 10.1 Å². The molecule has 1 amide bonds. The first-order chi connectivity index (χ1) is 13.4. The summed E-state index contributed by atoms with van der Waals surface area (Å²) in [5.41, 5.74) is 4.05. The van der Waals surface area contributed by atoms with Gasteiger partial charge in [0, 0.05) is 13.0 Å². The van der Waals surface area contributed by atoms with Crippen molar-refractivity contribution in [2.24, 2.45) is 0 Å². The van der Waals surface area contributed by atoms with Gasteiger partial charge in [-0.2, -0.15) is 8.42 Å². The molecule has 0 aromatic heterocycles. The van der Waals surface area contributed by atoms with E-state index in [2.05, 4.69) is 11.4 Å². The average Bonchev–Trinajstić information content (AvgIpc) is 2.65. The zero-order valence-electron chi connectivity index (χ0n) is 15.5. The molecule has 0 saturated heterocycles. The van der Waals surface area contributed by atoms with Crippen LogP contribution in [0.3, 0.4) is 0 Å². The molecule has 6 nitrogen and oxygen atoms in total. The summed E-state index contributed by atoms with van der Waals surface area (Å²) >= 11 is 0. The topological polar surface area (TPSA) is 86.7 Å². The third-order valence-electron chi connectivity index (χ3n) is 4.63. The highest BCUT2D eigenvalue weighted by molar-refractivity contribution is 7.85. The predicted molar refractivity (Wildman–Crippen MR) is 112 cm³/mol. The summed E-state index contributed by atoms with van der Waals surface area (Å²) in [5, 5.41) is 3.06. The monoisotopic (exact) mass is 400 g/mol. The molecule has 2 aromatic carbocycles. The Morgan fingerprint density at radius 2 is 1.68 bits per heavy atom. The largest absolute Gasteiger partial charge is 0.316 e. The molecule has 1 aliphatic rings. The number of fused-ring (bicyclic) bond motifs is 2. The van der Waals surface area contributed by atoms with Crippen molar-refractivity contribution < 1.29 is 17.8 Å². The molecule has 0 unspecified atom stereocenters. The van der Waals surface area contributed by atoms with Crippen LogP contribution in [-0.4, -0.2) is 37.7 Å². The molecule has 1 aliphatic heterocycles. The van der Waals surface area contributed by atoms with E-state index in [1.54, 1.807) is 4.90 Å². The quantitative estimate of drug-likeness (QED) is 0.551. The second-order valence-corrected chi connectivity index (χ2v) is 8.28. The average molecular weight is 401 g/mol. The smallest absolute Gasteiger partial charge is 0.264 e. The van der Waals surface area contributed by atoms with Gasteiger partial charge in [0.2, 0.25) is 5.91 Å². The van der Waals surface area contributed by atoms with Crippen molar-refractivity contribution in [3.63, 3.8) is 0 Å². The Balaban J connectivity index is 1.68. The van der Waals surface area contributed by atoms with Crippen LogP contribution in [0.25, 0.3) is 12.2 Å². The minimum absolute atomic E-state index is 0.000155. The van der Waals surface area contributed by atoms with E-state index >= 15 is 0 Å². The lowest BCUT2D eigenvalue weighted by Gasteiger charge is -2.27. The molecule has 0 saturated carbocycles. The number of nitrogens with one attached hydrogen (secondary N) is 1. The zero-order valence-corrected chi connectivity index (χ0v) is 16.4. The lowest BCUT2D eigenvalue weighted by Crippen LogP contribution is -2.34. The Labute approximate surface area is 165 Å². The van der Waals surface area contributed by atoms with Gasteiger partial charge in [-0.3, -0.25) is 9.35 Å². The number of amides is 1. The number of carbonyl (C=O) groups excluding carboxylic acids is 1. The number of hydrogen-bond acceptors (Lipinski definition) is 4. The van der Waals surface area contributed by atoms with E-state index in [0.29, 0.717) is 32.5 Å². The summed E-state index contributed by atoms with van der Waals surface area (Å²) in [6.07, 6.45) is 4.71. The Morgan fingerprint density at radius 3 is 2.46 bits per heavy atom. The maximum absolute atomic E-state index is 13.0. The van der Waals surface area contributed by atoms with Gasteiger partial charge in [-0.15, -0.1) is 0 Å². The van der Waals surface area contributed by atoms with Crippen molar-refractivity contribution in [3.8, 4) is 0 Å². The molecule has 7 heteroatoms. The molecule has 1 heterocycles. The summed E-state index contributed by atoms with van der Waals surface area (Å²) in [5.74, 6) is -0.281. The van der Waals surface area contributed by atoms with Gasteiger partial charge in [-0.05, 0) is 35.7 Å². The zero-order chi connectivity index (χ0) is 20.0. The first-order valence-corrected chi connectivity index (χ1v) is 10.9. The van der Waals surface area contributed by atoms with Gasteiger partial charge in [0.15, 0.2) is 0 Å². The van der Waals surface area contributed by atoms with Crippen molar-refractivity contribution in [1.82, 2.24) is 5.32 Å². The number of carbonyl (C=O) groups is 1. The van der Waals surface area contributed by atoms with Crippen LogP contribution in [0.4, 0.5) is 5.69 Å². The molecule has 2 aromatic rings. The highest BCUT2D eigenvalue weighted by Gasteiger charge is 2.20. The van der Waals surface area contributed by atoms with Crippen LogP contribution in [0, 0.1) is 0 Å². The lowest BCUT2D eigenvalue weighted by atomic mass is 10.0.